The first kappa shape index (κ1) is 23.2. The van der Waals surface area contributed by atoms with E-state index >= 15 is 0 Å². The Morgan fingerprint density at radius 2 is 2.06 bits per heavy atom. The molecule has 0 spiro atoms. The van der Waals surface area contributed by atoms with Gasteiger partial charge in [0, 0.05) is 6.92 Å². The number of hydrogen-bond donors (Lipinski definition) is 0. The molecule has 0 amide bonds. The quantitative estimate of drug-likeness (QED) is 0.392. The van der Waals surface area contributed by atoms with E-state index in [2.05, 4.69) is 4.99 Å². The number of fused-ring (bicyclic) bond motifs is 1. The molecule has 9 nitrogen and oxygen atoms in total. The second-order valence-electron chi connectivity index (χ2n) is 7.32. The molecule has 2 aromatic heterocycles. The van der Waals surface area contributed by atoms with Crippen LogP contribution in [0.1, 0.15) is 38.1 Å². The molecule has 1 aromatic carbocycles. The highest BCUT2D eigenvalue weighted by molar-refractivity contribution is 7.07. The number of methoxy groups -OCH3 is 1. The molecule has 0 bridgehead atoms. The number of aromatic nitrogens is 1. The van der Waals surface area contributed by atoms with Crippen LogP contribution < -0.4 is 24.4 Å². The van der Waals surface area contributed by atoms with Crippen molar-refractivity contribution in [3.8, 4) is 11.5 Å². The lowest BCUT2D eigenvalue weighted by Gasteiger charge is -2.22. The van der Waals surface area contributed by atoms with E-state index in [1.54, 1.807) is 50.3 Å². The lowest BCUT2D eigenvalue weighted by atomic mass is 10.0. The number of ether oxygens (including phenoxy) is 3. The monoisotopic (exact) mass is 482 g/mol. The second kappa shape index (κ2) is 9.52. The average Bonchev–Trinajstić information content (AvgIpc) is 3.42. The molecule has 1 aliphatic heterocycles. The summed E-state index contributed by atoms with van der Waals surface area (Å²) in [5.41, 5.74) is 1.04. The van der Waals surface area contributed by atoms with Crippen molar-refractivity contribution in [2.75, 3.05) is 13.7 Å². The maximum Gasteiger partial charge on any atom is 0.338 e. The van der Waals surface area contributed by atoms with Gasteiger partial charge < -0.3 is 18.6 Å². The predicted octanol–water partition coefficient (Wildman–Crippen LogP) is 2.33. The first-order valence-electron chi connectivity index (χ1n) is 10.4. The normalized spacial score (nSPS) is 15.5. The van der Waals surface area contributed by atoms with Gasteiger partial charge in [0.25, 0.3) is 5.56 Å². The minimum Gasteiger partial charge on any atom is -0.493 e. The van der Waals surface area contributed by atoms with Crippen LogP contribution in [0.3, 0.4) is 0 Å². The number of esters is 2. The number of rotatable bonds is 6. The van der Waals surface area contributed by atoms with Crippen molar-refractivity contribution < 1.29 is 28.2 Å². The third kappa shape index (κ3) is 4.32. The highest BCUT2D eigenvalue weighted by Crippen LogP contribution is 2.31. The summed E-state index contributed by atoms with van der Waals surface area (Å²) in [5, 5.41) is 0. The predicted molar refractivity (Wildman–Crippen MR) is 123 cm³/mol. The van der Waals surface area contributed by atoms with Crippen LogP contribution in [-0.2, 0) is 14.3 Å². The molecule has 0 saturated heterocycles. The van der Waals surface area contributed by atoms with Gasteiger partial charge in [-0.15, -0.1) is 0 Å². The number of carbonyl (C=O) groups is 2. The Kier molecular flexibility index (Phi) is 6.51. The number of furan rings is 1. The number of hydrogen-bond acceptors (Lipinski definition) is 9. The van der Waals surface area contributed by atoms with Gasteiger partial charge in [-0.1, -0.05) is 17.4 Å². The summed E-state index contributed by atoms with van der Waals surface area (Å²) in [7, 11) is 1.46. The van der Waals surface area contributed by atoms with Crippen LogP contribution in [0.25, 0.3) is 6.08 Å². The molecule has 0 radical (unpaired) electrons. The van der Waals surface area contributed by atoms with Gasteiger partial charge in [0.2, 0.25) is 0 Å². The molecule has 0 aliphatic carbocycles. The summed E-state index contributed by atoms with van der Waals surface area (Å²) in [6.07, 6.45) is 3.17. The van der Waals surface area contributed by atoms with Gasteiger partial charge in [-0.05, 0) is 49.8 Å². The highest BCUT2D eigenvalue weighted by Gasteiger charge is 2.35. The van der Waals surface area contributed by atoms with Crippen molar-refractivity contribution >= 4 is 29.4 Å². The molecule has 34 heavy (non-hydrogen) atoms. The number of thiazole rings is 1. The van der Waals surface area contributed by atoms with Crippen molar-refractivity contribution in [1.82, 2.24) is 4.57 Å². The summed E-state index contributed by atoms with van der Waals surface area (Å²) in [6.45, 7) is 4.91. The van der Waals surface area contributed by atoms with Crippen LogP contribution in [0.2, 0.25) is 0 Å². The van der Waals surface area contributed by atoms with Gasteiger partial charge >= 0.3 is 11.9 Å². The molecule has 4 rings (SSSR count). The fourth-order valence-electron chi connectivity index (χ4n) is 3.67. The zero-order chi connectivity index (χ0) is 24.4. The van der Waals surface area contributed by atoms with Crippen LogP contribution in [0.4, 0.5) is 0 Å². The summed E-state index contributed by atoms with van der Waals surface area (Å²) in [4.78, 5) is 42.5. The summed E-state index contributed by atoms with van der Waals surface area (Å²) in [6, 6.07) is 7.57. The molecular weight excluding hydrogens is 460 g/mol. The molecular formula is C24H22N2O7S. The van der Waals surface area contributed by atoms with Crippen LogP contribution in [-0.4, -0.2) is 30.2 Å². The number of carbonyl (C=O) groups excluding carboxylic acids is 2. The minimum atomic E-state index is -0.798. The van der Waals surface area contributed by atoms with Crippen molar-refractivity contribution in [2.24, 2.45) is 4.99 Å². The Bertz CT molecular complexity index is 1460. The Morgan fingerprint density at radius 3 is 2.71 bits per heavy atom. The molecule has 1 atom stereocenters. The van der Waals surface area contributed by atoms with E-state index in [1.807, 2.05) is 0 Å². The van der Waals surface area contributed by atoms with Crippen LogP contribution in [0.15, 0.2) is 62.1 Å². The largest absolute Gasteiger partial charge is 0.493 e. The lowest BCUT2D eigenvalue weighted by Crippen LogP contribution is -2.39. The third-order valence-corrected chi connectivity index (χ3v) is 6.05. The van der Waals surface area contributed by atoms with Crippen molar-refractivity contribution in [1.29, 1.82) is 0 Å². The van der Waals surface area contributed by atoms with E-state index < -0.39 is 18.0 Å². The summed E-state index contributed by atoms with van der Waals surface area (Å²) < 4.78 is 23.1. The van der Waals surface area contributed by atoms with Gasteiger partial charge in [0.1, 0.15) is 11.8 Å². The molecule has 3 aromatic rings. The fourth-order valence-corrected chi connectivity index (χ4v) is 4.72. The smallest absolute Gasteiger partial charge is 0.338 e. The van der Waals surface area contributed by atoms with E-state index in [-0.39, 0.29) is 23.5 Å². The van der Waals surface area contributed by atoms with E-state index in [0.29, 0.717) is 32.1 Å². The summed E-state index contributed by atoms with van der Waals surface area (Å²) >= 11 is 1.19. The maximum atomic E-state index is 13.5. The standard InChI is InChI=1S/C24H22N2O7S/c1-5-31-23(29)20-13(2)25-24-26(21(20)17-7-6-10-32-17)22(28)19(34-24)12-15-8-9-16(33-14(3)27)18(11-15)30-4/h6-12,21H,5H2,1-4H3/b19-12-/t21-/m0/s1. The second-order valence-corrected chi connectivity index (χ2v) is 8.33. The molecule has 0 N–H and O–H groups in total. The summed E-state index contributed by atoms with van der Waals surface area (Å²) in [5.74, 6) is 0.0412. The molecule has 3 heterocycles. The van der Waals surface area contributed by atoms with Crippen molar-refractivity contribution in [2.45, 2.75) is 26.8 Å². The first-order valence-corrected chi connectivity index (χ1v) is 11.2. The van der Waals surface area contributed by atoms with Gasteiger partial charge in [0.15, 0.2) is 16.3 Å². The average molecular weight is 483 g/mol. The third-order valence-electron chi connectivity index (χ3n) is 5.07. The number of benzene rings is 1. The van der Waals surface area contributed by atoms with Crippen molar-refractivity contribution in [3.63, 3.8) is 0 Å². The van der Waals surface area contributed by atoms with Gasteiger partial charge in [-0.3, -0.25) is 14.2 Å². The SMILES string of the molecule is CCOC(=O)C1=C(C)N=c2s/c(=C\c3ccc(OC(C)=O)c(OC)c3)c(=O)n2[C@H]1c1ccco1. The molecule has 0 unspecified atom stereocenters. The first-order chi connectivity index (χ1) is 16.3. The zero-order valence-corrected chi connectivity index (χ0v) is 19.8. The van der Waals surface area contributed by atoms with Gasteiger partial charge in [0.05, 0.1) is 35.8 Å². The molecule has 176 valence electrons. The Morgan fingerprint density at radius 1 is 1.26 bits per heavy atom. The van der Waals surface area contributed by atoms with Gasteiger partial charge in [-0.25, -0.2) is 9.79 Å². The van der Waals surface area contributed by atoms with Crippen molar-refractivity contribution in [3.05, 3.63) is 78.9 Å². The number of allylic oxidation sites excluding steroid dienone is 1. The minimum absolute atomic E-state index is 0.191. The fraction of sp³-hybridized carbons (Fsp3) is 0.250. The van der Waals surface area contributed by atoms with E-state index in [4.69, 9.17) is 18.6 Å². The van der Waals surface area contributed by atoms with E-state index in [9.17, 15) is 14.4 Å². The topological polar surface area (TPSA) is 109 Å². The Hall–Kier alpha value is -3.92. The molecule has 0 saturated carbocycles. The van der Waals surface area contributed by atoms with Crippen LogP contribution >= 0.6 is 11.3 Å². The van der Waals surface area contributed by atoms with Gasteiger partial charge in [-0.2, -0.15) is 0 Å². The Balaban J connectivity index is 1.86. The molecule has 1 aliphatic rings. The lowest BCUT2D eigenvalue weighted by molar-refractivity contribution is -0.139. The van der Waals surface area contributed by atoms with Crippen LogP contribution in [0, 0.1) is 0 Å². The van der Waals surface area contributed by atoms with E-state index in [0.717, 1.165) is 0 Å². The maximum absolute atomic E-state index is 13.5. The van der Waals surface area contributed by atoms with E-state index in [1.165, 1.54) is 36.2 Å². The number of nitrogens with zero attached hydrogens (tertiary/aromatic N) is 2. The zero-order valence-electron chi connectivity index (χ0n) is 19.0. The molecule has 10 heteroatoms. The molecule has 0 fully saturated rings. The van der Waals surface area contributed by atoms with Crippen LogP contribution in [0.5, 0.6) is 11.5 Å². The Labute approximate surface area is 198 Å². The highest BCUT2D eigenvalue weighted by atomic mass is 32.1.